The number of aliphatic carboxylic acids is 1. The van der Waals surface area contributed by atoms with Crippen LogP contribution in [0.4, 0.5) is 4.79 Å². The fraction of sp³-hybridized carbons (Fsp3) is 0.571. The summed E-state index contributed by atoms with van der Waals surface area (Å²) in [5, 5.41) is 13.8. The maximum Gasteiger partial charge on any atom is 0.408 e. The minimum absolute atomic E-state index is 0.0101. The molecule has 32 heavy (non-hydrogen) atoms. The van der Waals surface area contributed by atoms with Crippen LogP contribution >= 0.6 is 7.60 Å². The number of nitrogens with one attached hydrogen (secondary N) is 2. The Balaban J connectivity index is 2.68. The van der Waals surface area contributed by atoms with Crippen LogP contribution in [-0.4, -0.2) is 46.4 Å². The third-order valence-electron chi connectivity index (χ3n) is 4.23. The lowest BCUT2D eigenvalue weighted by Crippen LogP contribution is -2.47. The minimum atomic E-state index is -4.42. The van der Waals surface area contributed by atoms with Gasteiger partial charge in [0.1, 0.15) is 25.0 Å². The third kappa shape index (κ3) is 11.3. The number of carboxylic acid groups (broad SMARTS) is 1. The topological polar surface area (TPSA) is 151 Å². The first-order valence-electron chi connectivity index (χ1n) is 10.4. The highest BCUT2D eigenvalue weighted by molar-refractivity contribution is 7.52. The first kappa shape index (κ1) is 27.6. The first-order valence-corrected chi connectivity index (χ1v) is 12.1. The molecule has 0 aliphatic carbocycles. The maximum atomic E-state index is 12.6. The summed E-state index contributed by atoms with van der Waals surface area (Å²) in [6, 6.07) is 7.74. The molecule has 10 nitrogen and oxygen atoms in total. The number of amides is 2. The van der Waals surface area contributed by atoms with Crippen LogP contribution in [0.2, 0.25) is 0 Å². The van der Waals surface area contributed by atoms with Crippen molar-refractivity contribution in [3.8, 4) is 0 Å². The van der Waals surface area contributed by atoms with Gasteiger partial charge in [-0.15, -0.1) is 0 Å². The normalized spacial score (nSPS) is 15.0. The molecule has 0 fully saturated rings. The monoisotopic (exact) mass is 472 g/mol. The van der Waals surface area contributed by atoms with Crippen molar-refractivity contribution in [2.24, 2.45) is 11.8 Å². The quantitative estimate of drug-likeness (QED) is 0.320. The highest BCUT2D eigenvalue weighted by atomic mass is 31.2. The summed E-state index contributed by atoms with van der Waals surface area (Å²) >= 11 is 0. The Kier molecular flexibility index (Phi) is 11.4. The van der Waals surface area contributed by atoms with Gasteiger partial charge in [0.2, 0.25) is 5.91 Å². The molecule has 1 rings (SSSR count). The summed E-state index contributed by atoms with van der Waals surface area (Å²) < 4.78 is 22.6. The zero-order valence-electron chi connectivity index (χ0n) is 18.8. The fourth-order valence-electron chi connectivity index (χ4n) is 2.76. The van der Waals surface area contributed by atoms with Gasteiger partial charge < -0.3 is 25.4 Å². The molecular formula is C21H33N2O8P. The van der Waals surface area contributed by atoms with Crippen LogP contribution in [0.15, 0.2) is 30.3 Å². The van der Waals surface area contributed by atoms with Crippen molar-refractivity contribution in [3.05, 3.63) is 35.9 Å². The number of ether oxygens (including phenoxy) is 1. The zero-order valence-corrected chi connectivity index (χ0v) is 19.7. The average Bonchev–Trinajstić information content (AvgIpc) is 2.69. The SMILES string of the molecule is CC(C)CC(OP(=O)(O)CNC(=O)OCc1ccccc1)C(=O)N[C@@H](CC(C)C)C(=O)O. The number of carboxylic acids is 1. The predicted octanol–water partition coefficient (Wildman–Crippen LogP) is 3.10. The molecule has 4 N–H and O–H groups in total. The van der Waals surface area contributed by atoms with Gasteiger partial charge in [-0.1, -0.05) is 58.0 Å². The maximum absolute atomic E-state index is 12.6. The van der Waals surface area contributed by atoms with E-state index in [4.69, 9.17) is 9.26 Å². The van der Waals surface area contributed by atoms with Crippen molar-refractivity contribution in [2.75, 3.05) is 6.29 Å². The molecule has 0 radical (unpaired) electrons. The summed E-state index contributed by atoms with van der Waals surface area (Å²) in [6.45, 7) is 7.18. The molecule has 0 aromatic heterocycles. The van der Waals surface area contributed by atoms with Crippen molar-refractivity contribution in [1.29, 1.82) is 0 Å². The van der Waals surface area contributed by atoms with Gasteiger partial charge in [-0.25, -0.2) is 9.59 Å². The van der Waals surface area contributed by atoms with Crippen LogP contribution in [-0.2, 0) is 30.0 Å². The van der Waals surface area contributed by atoms with Gasteiger partial charge >= 0.3 is 19.7 Å². The summed E-state index contributed by atoms with van der Waals surface area (Å²) in [4.78, 5) is 46.0. The minimum Gasteiger partial charge on any atom is -0.480 e. The van der Waals surface area contributed by atoms with E-state index >= 15 is 0 Å². The van der Waals surface area contributed by atoms with Gasteiger partial charge in [0.05, 0.1) is 0 Å². The fourth-order valence-corrected chi connectivity index (χ4v) is 3.74. The lowest BCUT2D eigenvalue weighted by atomic mass is 10.0. The van der Waals surface area contributed by atoms with E-state index in [-0.39, 0.29) is 31.3 Å². The van der Waals surface area contributed by atoms with Crippen molar-refractivity contribution in [2.45, 2.75) is 59.3 Å². The Bertz CT molecular complexity index is 800. The van der Waals surface area contributed by atoms with Crippen LogP contribution in [0, 0.1) is 11.8 Å². The summed E-state index contributed by atoms with van der Waals surface area (Å²) in [6.07, 6.45) is -2.76. The average molecular weight is 472 g/mol. The van der Waals surface area contributed by atoms with Crippen molar-refractivity contribution >= 4 is 25.6 Å². The van der Waals surface area contributed by atoms with Crippen LogP contribution < -0.4 is 10.6 Å². The van der Waals surface area contributed by atoms with E-state index in [1.165, 1.54) is 0 Å². The predicted molar refractivity (Wildman–Crippen MR) is 118 cm³/mol. The number of benzene rings is 1. The van der Waals surface area contributed by atoms with E-state index in [2.05, 4.69) is 10.6 Å². The molecule has 0 heterocycles. The number of carbonyl (C=O) groups excluding carboxylic acids is 2. The van der Waals surface area contributed by atoms with Gasteiger partial charge in [-0.2, -0.15) is 0 Å². The van der Waals surface area contributed by atoms with Gasteiger partial charge in [0.25, 0.3) is 0 Å². The molecule has 1 aromatic carbocycles. The summed E-state index contributed by atoms with van der Waals surface area (Å²) in [7, 11) is -4.42. The van der Waals surface area contributed by atoms with E-state index in [9.17, 15) is 28.9 Å². The highest BCUT2D eigenvalue weighted by Crippen LogP contribution is 2.43. The highest BCUT2D eigenvalue weighted by Gasteiger charge is 2.33. The second kappa shape index (κ2) is 13.2. The van der Waals surface area contributed by atoms with Crippen molar-refractivity contribution in [3.63, 3.8) is 0 Å². The second-order valence-corrected chi connectivity index (χ2v) is 10.1. The standard InChI is InChI=1S/C21H33N2O8P/c1-14(2)10-17(20(25)26)23-19(24)18(11-15(3)4)31-32(28,29)13-22-21(27)30-12-16-8-6-5-7-9-16/h5-9,14-15,17-18H,10-13H2,1-4H3,(H,22,27)(H,23,24)(H,25,26)(H,28,29)/t17-,18?/m0/s1. The molecule has 0 spiro atoms. The van der Waals surface area contributed by atoms with Crippen LogP contribution in [0.1, 0.15) is 46.1 Å². The van der Waals surface area contributed by atoms with E-state index in [1.807, 2.05) is 19.9 Å². The van der Waals surface area contributed by atoms with E-state index in [1.54, 1.807) is 38.1 Å². The first-order chi connectivity index (χ1) is 14.9. The molecule has 2 amide bonds. The van der Waals surface area contributed by atoms with E-state index < -0.39 is 44.0 Å². The Morgan fingerprint density at radius 2 is 1.62 bits per heavy atom. The largest absolute Gasteiger partial charge is 0.480 e. The van der Waals surface area contributed by atoms with Crippen LogP contribution in [0.3, 0.4) is 0 Å². The molecule has 11 heteroatoms. The van der Waals surface area contributed by atoms with E-state index in [0.717, 1.165) is 5.56 Å². The van der Waals surface area contributed by atoms with Gasteiger partial charge in [0, 0.05) is 0 Å². The number of carbonyl (C=O) groups is 3. The van der Waals surface area contributed by atoms with Gasteiger partial charge in [-0.3, -0.25) is 13.9 Å². The molecule has 0 saturated carbocycles. The van der Waals surface area contributed by atoms with Crippen LogP contribution in [0.5, 0.6) is 0 Å². The van der Waals surface area contributed by atoms with Crippen LogP contribution in [0.25, 0.3) is 0 Å². The van der Waals surface area contributed by atoms with Crippen molar-refractivity contribution < 1.29 is 38.2 Å². The molecule has 1 aromatic rings. The number of hydrogen-bond acceptors (Lipinski definition) is 6. The molecule has 180 valence electrons. The number of hydrogen-bond donors (Lipinski definition) is 4. The molecule has 0 bridgehead atoms. The molecule has 2 unspecified atom stereocenters. The van der Waals surface area contributed by atoms with Crippen molar-refractivity contribution in [1.82, 2.24) is 10.6 Å². The number of alkyl carbamates (subject to hydrolysis) is 1. The lowest BCUT2D eigenvalue weighted by molar-refractivity contribution is -0.143. The molecule has 0 saturated heterocycles. The third-order valence-corrected chi connectivity index (χ3v) is 5.37. The molecular weight excluding hydrogens is 439 g/mol. The van der Waals surface area contributed by atoms with Gasteiger partial charge in [-0.05, 0) is 30.2 Å². The lowest BCUT2D eigenvalue weighted by Gasteiger charge is -2.24. The number of rotatable bonds is 13. The Morgan fingerprint density at radius 3 is 2.16 bits per heavy atom. The Hall–Kier alpha value is -2.42. The summed E-state index contributed by atoms with van der Waals surface area (Å²) in [5.41, 5.74) is 0.745. The Labute approximate surface area is 188 Å². The van der Waals surface area contributed by atoms with Gasteiger partial charge in [0.15, 0.2) is 0 Å². The molecule has 3 atom stereocenters. The molecule has 0 aliphatic rings. The second-order valence-electron chi connectivity index (χ2n) is 8.29. The zero-order chi connectivity index (χ0) is 24.3. The molecule has 0 aliphatic heterocycles. The summed E-state index contributed by atoms with van der Waals surface area (Å²) in [5.74, 6) is -2.07. The van der Waals surface area contributed by atoms with E-state index in [0.29, 0.717) is 0 Å². The smallest absolute Gasteiger partial charge is 0.408 e. The Morgan fingerprint density at radius 1 is 1.03 bits per heavy atom.